The molecule has 0 aromatic carbocycles. The van der Waals surface area contributed by atoms with Crippen molar-refractivity contribution >= 4 is 5.91 Å². The van der Waals surface area contributed by atoms with Gasteiger partial charge in [0.05, 0.1) is 26.3 Å². The zero-order valence-electron chi connectivity index (χ0n) is 14.8. The maximum absolute atomic E-state index is 12.8. The molecule has 5 nitrogen and oxygen atoms in total. The number of hydrogen-bond acceptors (Lipinski definition) is 4. The first kappa shape index (κ1) is 17.2. The van der Waals surface area contributed by atoms with Gasteiger partial charge in [0.15, 0.2) is 5.79 Å². The number of morpholine rings is 1. The van der Waals surface area contributed by atoms with E-state index in [1.807, 2.05) is 4.90 Å². The van der Waals surface area contributed by atoms with E-state index in [9.17, 15) is 4.79 Å². The van der Waals surface area contributed by atoms with Crippen molar-refractivity contribution in [1.29, 1.82) is 0 Å². The SMILES string of the molecule is CC(C)CN1CCCOC2(C1)CN(C(=O)C1CCCC1)CCO2. The maximum Gasteiger partial charge on any atom is 0.225 e. The van der Waals surface area contributed by atoms with Crippen molar-refractivity contribution in [3.05, 3.63) is 0 Å². The van der Waals surface area contributed by atoms with Gasteiger partial charge < -0.3 is 14.4 Å². The number of carbonyl (C=O) groups excluding carboxylic acids is 1. The average molecular weight is 324 g/mol. The number of ether oxygens (including phenoxy) is 2. The van der Waals surface area contributed by atoms with Crippen LogP contribution in [0.15, 0.2) is 0 Å². The molecule has 0 bridgehead atoms. The average Bonchev–Trinajstić information content (AvgIpc) is 2.98. The van der Waals surface area contributed by atoms with E-state index in [2.05, 4.69) is 18.7 Å². The van der Waals surface area contributed by atoms with Gasteiger partial charge in [0, 0.05) is 25.6 Å². The van der Waals surface area contributed by atoms with Crippen LogP contribution < -0.4 is 0 Å². The molecule has 5 heteroatoms. The van der Waals surface area contributed by atoms with Crippen molar-refractivity contribution in [3.8, 4) is 0 Å². The lowest BCUT2D eigenvalue weighted by Gasteiger charge is -2.44. The first-order valence-electron chi connectivity index (χ1n) is 9.37. The topological polar surface area (TPSA) is 42.0 Å². The van der Waals surface area contributed by atoms with E-state index in [1.165, 1.54) is 12.8 Å². The minimum absolute atomic E-state index is 0.239. The highest BCUT2D eigenvalue weighted by Gasteiger charge is 2.43. The Morgan fingerprint density at radius 3 is 2.57 bits per heavy atom. The summed E-state index contributed by atoms with van der Waals surface area (Å²) in [7, 11) is 0. The zero-order chi connectivity index (χ0) is 16.3. The Bertz CT molecular complexity index is 409. The molecule has 1 aliphatic carbocycles. The number of hydrogen-bond donors (Lipinski definition) is 0. The van der Waals surface area contributed by atoms with E-state index in [4.69, 9.17) is 9.47 Å². The summed E-state index contributed by atoms with van der Waals surface area (Å²) in [5, 5.41) is 0. The number of amides is 1. The van der Waals surface area contributed by atoms with E-state index in [-0.39, 0.29) is 5.92 Å². The summed E-state index contributed by atoms with van der Waals surface area (Å²) in [5.74, 6) is 0.582. The summed E-state index contributed by atoms with van der Waals surface area (Å²) in [6.45, 7) is 10.0. The molecule has 3 aliphatic rings. The van der Waals surface area contributed by atoms with Gasteiger partial charge in [-0.1, -0.05) is 26.7 Å². The van der Waals surface area contributed by atoms with Crippen LogP contribution in [0, 0.1) is 11.8 Å². The van der Waals surface area contributed by atoms with E-state index in [1.54, 1.807) is 0 Å². The summed E-state index contributed by atoms with van der Waals surface area (Å²) in [5.41, 5.74) is 0. The normalized spacial score (nSPS) is 31.0. The molecule has 3 fully saturated rings. The first-order valence-corrected chi connectivity index (χ1v) is 9.37. The molecule has 23 heavy (non-hydrogen) atoms. The predicted octanol–water partition coefficient (Wildman–Crippen LogP) is 2.11. The van der Waals surface area contributed by atoms with Crippen LogP contribution >= 0.6 is 0 Å². The molecule has 2 aliphatic heterocycles. The molecule has 2 saturated heterocycles. The molecule has 1 amide bonds. The van der Waals surface area contributed by atoms with E-state index >= 15 is 0 Å². The van der Waals surface area contributed by atoms with Gasteiger partial charge in [-0.15, -0.1) is 0 Å². The minimum Gasteiger partial charge on any atom is -0.347 e. The Hall–Kier alpha value is -0.650. The molecule has 0 N–H and O–H groups in total. The van der Waals surface area contributed by atoms with Crippen molar-refractivity contribution in [1.82, 2.24) is 9.80 Å². The van der Waals surface area contributed by atoms with Crippen molar-refractivity contribution in [2.24, 2.45) is 11.8 Å². The van der Waals surface area contributed by atoms with Gasteiger partial charge in [0.25, 0.3) is 0 Å². The molecule has 1 unspecified atom stereocenters. The Labute approximate surface area is 140 Å². The van der Waals surface area contributed by atoms with Gasteiger partial charge >= 0.3 is 0 Å². The van der Waals surface area contributed by atoms with Crippen LogP contribution in [-0.2, 0) is 14.3 Å². The Balaban J connectivity index is 1.65. The zero-order valence-corrected chi connectivity index (χ0v) is 14.8. The summed E-state index contributed by atoms with van der Waals surface area (Å²) < 4.78 is 12.2. The molecule has 0 radical (unpaired) electrons. The molecule has 0 aromatic heterocycles. The highest BCUT2D eigenvalue weighted by Crippen LogP contribution is 2.30. The summed E-state index contributed by atoms with van der Waals surface area (Å²) in [4.78, 5) is 17.2. The highest BCUT2D eigenvalue weighted by atomic mass is 16.7. The molecular weight excluding hydrogens is 292 g/mol. The van der Waals surface area contributed by atoms with Crippen LogP contribution in [0.25, 0.3) is 0 Å². The largest absolute Gasteiger partial charge is 0.347 e. The third-order valence-electron chi connectivity index (χ3n) is 5.25. The van der Waals surface area contributed by atoms with Crippen molar-refractivity contribution in [2.45, 2.75) is 51.7 Å². The highest BCUT2D eigenvalue weighted by molar-refractivity contribution is 5.79. The second kappa shape index (κ2) is 7.49. The van der Waals surface area contributed by atoms with Gasteiger partial charge in [-0.25, -0.2) is 0 Å². The van der Waals surface area contributed by atoms with E-state index in [0.717, 1.165) is 45.5 Å². The number of carbonyl (C=O) groups is 1. The Kier molecular flexibility index (Phi) is 5.60. The molecule has 132 valence electrons. The van der Waals surface area contributed by atoms with Gasteiger partial charge in [0.1, 0.15) is 0 Å². The summed E-state index contributed by atoms with van der Waals surface area (Å²) in [6, 6.07) is 0. The minimum atomic E-state index is -0.613. The maximum atomic E-state index is 12.8. The van der Waals surface area contributed by atoms with Crippen LogP contribution in [0.5, 0.6) is 0 Å². The fraction of sp³-hybridized carbons (Fsp3) is 0.944. The third kappa shape index (κ3) is 4.25. The van der Waals surface area contributed by atoms with Crippen molar-refractivity contribution < 1.29 is 14.3 Å². The summed E-state index contributed by atoms with van der Waals surface area (Å²) >= 11 is 0. The van der Waals surface area contributed by atoms with Crippen LogP contribution in [0.3, 0.4) is 0 Å². The van der Waals surface area contributed by atoms with Crippen LogP contribution in [0.2, 0.25) is 0 Å². The first-order chi connectivity index (χ1) is 11.1. The molecule has 1 spiro atoms. The molecule has 0 aromatic rings. The molecule has 2 heterocycles. The molecular formula is C18H32N2O3. The number of rotatable bonds is 3. The van der Waals surface area contributed by atoms with Gasteiger partial charge in [0.2, 0.25) is 5.91 Å². The Morgan fingerprint density at radius 1 is 1.09 bits per heavy atom. The van der Waals surface area contributed by atoms with E-state index < -0.39 is 5.79 Å². The predicted molar refractivity (Wildman–Crippen MR) is 89.1 cm³/mol. The molecule has 1 atom stereocenters. The fourth-order valence-corrected chi connectivity index (χ4v) is 4.24. The van der Waals surface area contributed by atoms with Crippen LogP contribution in [0.4, 0.5) is 0 Å². The fourth-order valence-electron chi connectivity index (χ4n) is 4.24. The van der Waals surface area contributed by atoms with Crippen molar-refractivity contribution in [2.75, 3.05) is 45.9 Å². The monoisotopic (exact) mass is 324 g/mol. The molecule has 3 rings (SSSR count). The lowest BCUT2D eigenvalue weighted by Crippen LogP contribution is -2.60. The third-order valence-corrected chi connectivity index (χ3v) is 5.25. The van der Waals surface area contributed by atoms with Crippen molar-refractivity contribution in [3.63, 3.8) is 0 Å². The van der Waals surface area contributed by atoms with Crippen LogP contribution in [-0.4, -0.2) is 67.4 Å². The van der Waals surface area contributed by atoms with Gasteiger partial charge in [-0.05, 0) is 25.2 Å². The smallest absolute Gasteiger partial charge is 0.225 e. The van der Waals surface area contributed by atoms with Gasteiger partial charge in [-0.2, -0.15) is 0 Å². The lowest BCUT2D eigenvalue weighted by molar-refractivity contribution is -0.265. The van der Waals surface area contributed by atoms with Gasteiger partial charge in [-0.3, -0.25) is 9.69 Å². The Morgan fingerprint density at radius 2 is 1.83 bits per heavy atom. The van der Waals surface area contributed by atoms with E-state index in [0.29, 0.717) is 31.5 Å². The standard InChI is InChI=1S/C18H32N2O3/c1-15(2)12-19-8-5-10-22-18(13-19)14-20(9-11-23-18)17(21)16-6-3-4-7-16/h15-16H,3-14H2,1-2H3. The second-order valence-corrected chi connectivity index (χ2v) is 7.83. The molecule has 1 saturated carbocycles. The lowest BCUT2D eigenvalue weighted by atomic mass is 10.0. The van der Waals surface area contributed by atoms with Crippen LogP contribution in [0.1, 0.15) is 46.0 Å². The summed E-state index contributed by atoms with van der Waals surface area (Å²) in [6.07, 6.45) is 5.55. The number of nitrogens with zero attached hydrogens (tertiary/aromatic N) is 2. The second-order valence-electron chi connectivity index (χ2n) is 7.83. The quantitative estimate of drug-likeness (QED) is 0.797.